The molecular weight excluding hydrogens is 377 g/mol. The summed E-state index contributed by atoms with van der Waals surface area (Å²) < 4.78 is 18.8. The lowest BCUT2D eigenvalue weighted by Gasteiger charge is -2.22. The summed E-state index contributed by atoms with van der Waals surface area (Å²) in [5.74, 6) is 0.306. The Kier molecular flexibility index (Phi) is 6.46. The van der Waals surface area contributed by atoms with Gasteiger partial charge in [-0.25, -0.2) is 4.39 Å². The van der Waals surface area contributed by atoms with Crippen LogP contribution in [0.25, 0.3) is 11.5 Å². The topological polar surface area (TPSA) is 68.0 Å². The number of amides is 1. The van der Waals surface area contributed by atoms with Crippen molar-refractivity contribution in [2.75, 3.05) is 5.75 Å². The van der Waals surface area contributed by atoms with E-state index in [-0.39, 0.29) is 29.4 Å². The summed E-state index contributed by atoms with van der Waals surface area (Å²) in [5.41, 5.74) is 2.79. The van der Waals surface area contributed by atoms with Gasteiger partial charge in [-0.05, 0) is 42.2 Å². The van der Waals surface area contributed by atoms with E-state index in [1.807, 2.05) is 45.0 Å². The van der Waals surface area contributed by atoms with Gasteiger partial charge in [-0.3, -0.25) is 4.79 Å². The molecule has 7 heteroatoms. The number of benzene rings is 2. The highest BCUT2D eigenvalue weighted by Gasteiger charge is 2.19. The minimum Gasteiger partial charge on any atom is -0.411 e. The molecule has 0 radical (unpaired) electrons. The van der Waals surface area contributed by atoms with E-state index in [9.17, 15) is 9.18 Å². The first-order valence-corrected chi connectivity index (χ1v) is 9.99. The molecule has 0 fully saturated rings. The Labute approximate surface area is 167 Å². The summed E-state index contributed by atoms with van der Waals surface area (Å²) in [4.78, 5) is 12.4. The van der Waals surface area contributed by atoms with E-state index in [2.05, 4.69) is 15.5 Å². The van der Waals surface area contributed by atoms with E-state index >= 15 is 0 Å². The van der Waals surface area contributed by atoms with Crippen LogP contribution in [-0.2, 0) is 4.79 Å². The van der Waals surface area contributed by atoms with Gasteiger partial charge in [-0.15, -0.1) is 10.2 Å². The van der Waals surface area contributed by atoms with E-state index in [1.54, 1.807) is 12.1 Å². The molecule has 3 aromatic rings. The van der Waals surface area contributed by atoms with Gasteiger partial charge in [-0.1, -0.05) is 55.9 Å². The van der Waals surface area contributed by atoms with Gasteiger partial charge in [0.15, 0.2) is 0 Å². The number of hydrogen-bond donors (Lipinski definition) is 1. The van der Waals surface area contributed by atoms with Crippen LogP contribution in [0.2, 0.25) is 0 Å². The summed E-state index contributed by atoms with van der Waals surface area (Å²) >= 11 is 1.19. The van der Waals surface area contributed by atoms with Gasteiger partial charge in [0.2, 0.25) is 11.8 Å². The SMILES string of the molecule is Cc1ccccc1-c1nnc(SCC(=O)NC(c2ccc(F)cc2)C(C)C)o1. The smallest absolute Gasteiger partial charge is 0.277 e. The second-order valence-corrected chi connectivity index (χ2v) is 7.74. The molecule has 0 aliphatic rings. The fraction of sp³-hybridized carbons (Fsp3) is 0.286. The fourth-order valence-electron chi connectivity index (χ4n) is 2.84. The molecule has 1 unspecified atom stereocenters. The summed E-state index contributed by atoms with van der Waals surface area (Å²) in [6, 6.07) is 13.7. The monoisotopic (exact) mass is 399 g/mol. The highest BCUT2D eigenvalue weighted by atomic mass is 32.2. The Bertz CT molecular complexity index is 941. The van der Waals surface area contributed by atoms with Gasteiger partial charge in [0, 0.05) is 5.56 Å². The van der Waals surface area contributed by atoms with Gasteiger partial charge in [0.05, 0.1) is 11.8 Å². The van der Waals surface area contributed by atoms with Crippen LogP contribution >= 0.6 is 11.8 Å². The molecule has 0 saturated heterocycles. The number of aryl methyl sites for hydroxylation is 1. The Morgan fingerprint density at radius 3 is 2.54 bits per heavy atom. The Balaban J connectivity index is 1.61. The molecule has 0 saturated carbocycles. The van der Waals surface area contributed by atoms with Gasteiger partial charge in [0.1, 0.15) is 5.82 Å². The normalized spacial score (nSPS) is 12.2. The highest BCUT2D eigenvalue weighted by molar-refractivity contribution is 7.99. The van der Waals surface area contributed by atoms with Crippen molar-refractivity contribution in [3.8, 4) is 11.5 Å². The second-order valence-electron chi connectivity index (χ2n) is 6.82. The van der Waals surface area contributed by atoms with Gasteiger partial charge in [0.25, 0.3) is 5.22 Å². The third-order valence-corrected chi connectivity index (χ3v) is 5.14. The van der Waals surface area contributed by atoms with Crippen LogP contribution in [-0.4, -0.2) is 21.9 Å². The number of carbonyl (C=O) groups is 1. The van der Waals surface area contributed by atoms with Gasteiger partial charge >= 0.3 is 0 Å². The van der Waals surface area contributed by atoms with Crippen LogP contribution in [0.1, 0.15) is 31.0 Å². The number of carbonyl (C=O) groups excluding carboxylic acids is 1. The number of nitrogens with zero attached hydrogens (tertiary/aromatic N) is 2. The molecule has 1 aromatic heterocycles. The van der Waals surface area contributed by atoms with Crippen LogP contribution in [0.15, 0.2) is 58.2 Å². The van der Waals surface area contributed by atoms with E-state index in [0.29, 0.717) is 11.1 Å². The van der Waals surface area contributed by atoms with Crippen molar-refractivity contribution in [2.24, 2.45) is 5.92 Å². The quantitative estimate of drug-likeness (QED) is 0.579. The number of nitrogens with one attached hydrogen (secondary N) is 1. The zero-order valence-corrected chi connectivity index (χ0v) is 16.8. The first kappa shape index (κ1) is 20.1. The average molecular weight is 399 g/mol. The molecule has 0 aliphatic carbocycles. The number of hydrogen-bond acceptors (Lipinski definition) is 5. The van der Waals surface area contributed by atoms with Crippen LogP contribution in [0, 0.1) is 18.7 Å². The van der Waals surface area contributed by atoms with Crippen LogP contribution in [0.5, 0.6) is 0 Å². The third kappa shape index (κ3) is 4.98. The average Bonchev–Trinajstić information content (AvgIpc) is 3.14. The molecule has 146 valence electrons. The lowest BCUT2D eigenvalue weighted by atomic mass is 9.96. The molecule has 0 bridgehead atoms. The van der Waals surface area contributed by atoms with Gasteiger partial charge < -0.3 is 9.73 Å². The predicted molar refractivity (Wildman–Crippen MR) is 107 cm³/mol. The molecular formula is C21H22FN3O2S. The Morgan fingerprint density at radius 2 is 1.86 bits per heavy atom. The van der Waals surface area contributed by atoms with Crippen molar-refractivity contribution >= 4 is 17.7 Å². The summed E-state index contributed by atoms with van der Waals surface area (Å²) in [5, 5.41) is 11.4. The first-order valence-electron chi connectivity index (χ1n) is 9.01. The molecule has 3 rings (SSSR count). The third-order valence-electron chi connectivity index (χ3n) is 4.32. The molecule has 0 aliphatic heterocycles. The Morgan fingerprint density at radius 1 is 1.14 bits per heavy atom. The van der Waals surface area contributed by atoms with E-state index in [4.69, 9.17) is 4.42 Å². The zero-order chi connectivity index (χ0) is 20.1. The van der Waals surface area contributed by atoms with Crippen LogP contribution in [0.3, 0.4) is 0 Å². The lowest BCUT2D eigenvalue weighted by molar-refractivity contribution is -0.119. The first-order chi connectivity index (χ1) is 13.4. The minimum absolute atomic E-state index is 0.149. The van der Waals surface area contributed by atoms with Gasteiger partial charge in [-0.2, -0.15) is 0 Å². The maximum atomic E-state index is 13.2. The lowest BCUT2D eigenvalue weighted by Crippen LogP contribution is -2.33. The van der Waals surface area contributed by atoms with Crippen molar-refractivity contribution in [2.45, 2.75) is 32.0 Å². The van der Waals surface area contributed by atoms with Crippen molar-refractivity contribution in [3.63, 3.8) is 0 Å². The molecule has 1 amide bonds. The van der Waals surface area contributed by atoms with Crippen LogP contribution < -0.4 is 5.32 Å². The molecule has 0 spiro atoms. The number of halogens is 1. The maximum absolute atomic E-state index is 13.2. The summed E-state index contributed by atoms with van der Waals surface area (Å²) in [6.45, 7) is 5.99. The zero-order valence-electron chi connectivity index (χ0n) is 16.0. The Hall–Kier alpha value is -2.67. The van der Waals surface area contributed by atoms with Crippen LogP contribution in [0.4, 0.5) is 4.39 Å². The standard InChI is InChI=1S/C21H22FN3O2S/c1-13(2)19(15-8-10-16(22)11-9-15)23-18(26)12-28-21-25-24-20(27-21)17-7-5-4-6-14(17)3/h4-11,13,19H,12H2,1-3H3,(H,23,26). The van der Waals surface area contributed by atoms with Crippen molar-refractivity contribution < 1.29 is 13.6 Å². The molecule has 28 heavy (non-hydrogen) atoms. The summed E-state index contributed by atoms with van der Waals surface area (Å²) in [7, 11) is 0. The van der Waals surface area contributed by atoms with E-state index in [1.165, 1.54) is 23.9 Å². The summed E-state index contributed by atoms with van der Waals surface area (Å²) in [6.07, 6.45) is 0. The molecule has 1 N–H and O–H groups in total. The minimum atomic E-state index is -0.297. The van der Waals surface area contributed by atoms with E-state index < -0.39 is 0 Å². The highest BCUT2D eigenvalue weighted by Crippen LogP contribution is 2.26. The van der Waals surface area contributed by atoms with Crippen molar-refractivity contribution in [3.05, 3.63) is 65.5 Å². The van der Waals surface area contributed by atoms with Crippen molar-refractivity contribution in [1.29, 1.82) is 0 Å². The predicted octanol–water partition coefficient (Wildman–Crippen LogP) is 4.79. The maximum Gasteiger partial charge on any atom is 0.277 e. The molecule has 1 atom stereocenters. The fourth-order valence-corrected chi connectivity index (χ4v) is 3.41. The van der Waals surface area contributed by atoms with E-state index in [0.717, 1.165) is 16.7 Å². The van der Waals surface area contributed by atoms with Crippen molar-refractivity contribution in [1.82, 2.24) is 15.5 Å². The number of thioether (sulfide) groups is 1. The molecule has 2 aromatic carbocycles. The number of rotatable bonds is 7. The number of aromatic nitrogens is 2. The second kappa shape index (κ2) is 9.01. The largest absolute Gasteiger partial charge is 0.411 e. The molecule has 1 heterocycles. The molecule has 5 nitrogen and oxygen atoms in total.